The van der Waals surface area contributed by atoms with Gasteiger partial charge in [-0.05, 0) is 20.8 Å². The van der Waals surface area contributed by atoms with Crippen LogP contribution in [0.1, 0.15) is 20.8 Å². The highest BCUT2D eigenvalue weighted by atomic mass is 16.6. The van der Waals surface area contributed by atoms with Gasteiger partial charge in [0.2, 0.25) is 0 Å². The second-order valence-electron chi connectivity index (χ2n) is 5.62. The zero-order valence-corrected chi connectivity index (χ0v) is 12.0. The quantitative estimate of drug-likeness (QED) is 0.554. The average molecular weight is 273 g/mol. The van der Waals surface area contributed by atoms with Crippen LogP contribution >= 0.6 is 0 Å². The van der Waals surface area contributed by atoms with Gasteiger partial charge in [0.1, 0.15) is 18.5 Å². The number of likely N-dealkylation sites (tertiary alicyclic amines) is 1. The molecule has 1 aliphatic heterocycles. The van der Waals surface area contributed by atoms with E-state index in [0.29, 0.717) is 26.0 Å². The largest absolute Gasteiger partial charge is 0.444 e. The summed E-state index contributed by atoms with van der Waals surface area (Å²) in [6.07, 6.45) is 0.286. The SMILES string of the molecule is CO[C@H]1CN(C(=O)OC(C)(C)C)C[C@@H]1COCC=O. The van der Waals surface area contributed by atoms with E-state index < -0.39 is 5.60 Å². The lowest BCUT2D eigenvalue weighted by Gasteiger charge is -2.24. The molecule has 0 unspecified atom stereocenters. The summed E-state index contributed by atoms with van der Waals surface area (Å²) in [4.78, 5) is 23.8. The Kier molecular flexibility index (Phi) is 5.75. The molecule has 1 fully saturated rings. The van der Waals surface area contributed by atoms with Crippen LogP contribution in [0, 0.1) is 5.92 Å². The smallest absolute Gasteiger partial charge is 0.410 e. The van der Waals surface area contributed by atoms with Crippen molar-refractivity contribution < 1.29 is 23.8 Å². The van der Waals surface area contributed by atoms with Crippen LogP contribution in [0.4, 0.5) is 4.79 Å². The standard InChI is InChI=1S/C13H23NO5/c1-13(2,3)19-12(16)14-7-10(9-18-6-5-15)11(8-14)17-4/h5,10-11H,6-9H2,1-4H3/t10-,11+/m1/s1. The number of amides is 1. The fourth-order valence-electron chi connectivity index (χ4n) is 2.01. The normalized spacial score (nSPS) is 23.5. The third kappa shape index (κ3) is 5.16. The van der Waals surface area contributed by atoms with Gasteiger partial charge in [0.05, 0.1) is 19.3 Å². The lowest BCUT2D eigenvalue weighted by Crippen LogP contribution is -2.36. The van der Waals surface area contributed by atoms with Crippen LogP contribution in [0.15, 0.2) is 0 Å². The molecule has 0 bridgehead atoms. The first-order valence-electron chi connectivity index (χ1n) is 6.39. The van der Waals surface area contributed by atoms with Gasteiger partial charge in [-0.25, -0.2) is 4.79 Å². The molecule has 1 heterocycles. The van der Waals surface area contributed by atoms with E-state index >= 15 is 0 Å². The first-order chi connectivity index (χ1) is 8.87. The van der Waals surface area contributed by atoms with Gasteiger partial charge < -0.3 is 23.9 Å². The first kappa shape index (κ1) is 15.9. The summed E-state index contributed by atoms with van der Waals surface area (Å²) < 4.78 is 15.9. The Morgan fingerprint density at radius 1 is 1.37 bits per heavy atom. The summed E-state index contributed by atoms with van der Waals surface area (Å²) in [7, 11) is 1.61. The Balaban J connectivity index is 2.50. The van der Waals surface area contributed by atoms with E-state index in [4.69, 9.17) is 14.2 Å². The molecule has 110 valence electrons. The monoisotopic (exact) mass is 273 g/mol. The lowest BCUT2D eigenvalue weighted by molar-refractivity contribution is -0.112. The highest BCUT2D eigenvalue weighted by Gasteiger charge is 2.37. The number of nitrogens with zero attached hydrogens (tertiary/aromatic N) is 1. The van der Waals surface area contributed by atoms with Crippen molar-refractivity contribution in [3.8, 4) is 0 Å². The number of carbonyl (C=O) groups is 2. The van der Waals surface area contributed by atoms with E-state index in [-0.39, 0.29) is 24.7 Å². The molecule has 1 amide bonds. The van der Waals surface area contributed by atoms with Crippen molar-refractivity contribution in [3.05, 3.63) is 0 Å². The van der Waals surface area contributed by atoms with E-state index in [1.54, 1.807) is 12.0 Å². The van der Waals surface area contributed by atoms with Gasteiger partial charge in [0.25, 0.3) is 0 Å². The molecule has 0 radical (unpaired) electrons. The maximum absolute atomic E-state index is 11.9. The molecule has 0 spiro atoms. The molecule has 6 heteroatoms. The van der Waals surface area contributed by atoms with Crippen LogP contribution in [0.5, 0.6) is 0 Å². The predicted octanol–water partition coefficient (Wildman–Crippen LogP) is 1.08. The molecule has 2 atom stereocenters. The Bertz CT molecular complexity index is 313. The van der Waals surface area contributed by atoms with E-state index in [1.165, 1.54) is 0 Å². The molecule has 6 nitrogen and oxygen atoms in total. The lowest BCUT2D eigenvalue weighted by atomic mass is 10.1. The first-order valence-corrected chi connectivity index (χ1v) is 6.39. The predicted molar refractivity (Wildman–Crippen MR) is 69.0 cm³/mol. The number of rotatable bonds is 5. The zero-order chi connectivity index (χ0) is 14.5. The number of methoxy groups -OCH3 is 1. The molecular weight excluding hydrogens is 250 g/mol. The molecule has 0 N–H and O–H groups in total. The third-order valence-electron chi connectivity index (χ3n) is 2.85. The Hall–Kier alpha value is -1.14. The Morgan fingerprint density at radius 3 is 2.58 bits per heavy atom. The van der Waals surface area contributed by atoms with Crippen LogP contribution in [0.2, 0.25) is 0 Å². The van der Waals surface area contributed by atoms with Crippen molar-refractivity contribution in [2.75, 3.05) is 33.4 Å². The molecule has 1 rings (SSSR count). The van der Waals surface area contributed by atoms with Crippen molar-refractivity contribution in [2.45, 2.75) is 32.5 Å². The Morgan fingerprint density at radius 2 is 2.05 bits per heavy atom. The van der Waals surface area contributed by atoms with Crippen LogP contribution < -0.4 is 0 Å². The van der Waals surface area contributed by atoms with Crippen LogP contribution in [-0.4, -0.2) is 62.4 Å². The minimum atomic E-state index is -0.508. The molecule has 1 aliphatic rings. The van der Waals surface area contributed by atoms with Crippen LogP contribution in [0.25, 0.3) is 0 Å². The van der Waals surface area contributed by atoms with E-state index in [1.807, 2.05) is 20.8 Å². The number of ether oxygens (including phenoxy) is 3. The van der Waals surface area contributed by atoms with E-state index in [9.17, 15) is 9.59 Å². The molecule has 0 aromatic rings. The topological polar surface area (TPSA) is 65.1 Å². The fraction of sp³-hybridized carbons (Fsp3) is 0.846. The van der Waals surface area contributed by atoms with Crippen molar-refractivity contribution >= 4 is 12.4 Å². The second kappa shape index (κ2) is 6.86. The summed E-state index contributed by atoms with van der Waals surface area (Å²) >= 11 is 0. The summed E-state index contributed by atoms with van der Waals surface area (Å²) in [6.45, 7) is 6.97. The summed E-state index contributed by atoms with van der Waals surface area (Å²) in [5, 5.41) is 0. The minimum absolute atomic E-state index is 0.0671. The van der Waals surface area contributed by atoms with E-state index in [2.05, 4.69) is 0 Å². The van der Waals surface area contributed by atoms with Crippen LogP contribution in [0.3, 0.4) is 0 Å². The molecule has 0 saturated carbocycles. The second-order valence-corrected chi connectivity index (χ2v) is 5.62. The van der Waals surface area contributed by atoms with E-state index in [0.717, 1.165) is 0 Å². The van der Waals surface area contributed by atoms with Gasteiger partial charge in [-0.2, -0.15) is 0 Å². The third-order valence-corrected chi connectivity index (χ3v) is 2.85. The molecule has 1 saturated heterocycles. The number of aldehydes is 1. The summed E-state index contributed by atoms with van der Waals surface area (Å²) in [5.74, 6) is 0.0671. The van der Waals surface area contributed by atoms with Crippen molar-refractivity contribution in [1.82, 2.24) is 4.90 Å². The summed E-state index contributed by atoms with van der Waals surface area (Å²) in [5.41, 5.74) is -0.508. The maximum atomic E-state index is 11.9. The van der Waals surface area contributed by atoms with Gasteiger partial charge in [-0.3, -0.25) is 0 Å². The summed E-state index contributed by atoms with van der Waals surface area (Å²) in [6, 6.07) is 0. The van der Waals surface area contributed by atoms with Gasteiger partial charge in [0, 0.05) is 19.6 Å². The van der Waals surface area contributed by atoms with Crippen LogP contribution in [-0.2, 0) is 19.0 Å². The van der Waals surface area contributed by atoms with Crippen molar-refractivity contribution in [2.24, 2.45) is 5.92 Å². The number of carbonyl (C=O) groups excluding carboxylic acids is 2. The highest BCUT2D eigenvalue weighted by molar-refractivity contribution is 5.68. The van der Waals surface area contributed by atoms with Crippen molar-refractivity contribution in [1.29, 1.82) is 0 Å². The van der Waals surface area contributed by atoms with Gasteiger partial charge in [-0.1, -0.05) is 0 Å². The number of hydrogen-bond donors (Lipinski definition) is 0. The van der Waals surface area contributed by atoms with Gasteiger partial charge in [-0.15, -0.1) is 0 Å². The van der Waals surface area contributed by atoms with Gasteiger partial charge >= 0.3 is 6.09 Å². The highest BCUT2D eigenvalue weighted by Crippen LogP contribution is 2.22. The van der Waals surface area contributed by atoms with Gasteiger partial charge in [0.15, 0.2) is 0 Å². The molecule has 0 aromatic heterocycles. The molecule has 0 aromatic carbocycles. The molecular formula is C13H23NO5. The minimum Gasteiger partial charge on any atom is -0.444 e. The Labute approximate surface area is 114 Å². The number of hydrogen-bond acceptors (Lipinski definition) is 5. The maximum Gasteiger partial charge on any atom is 0.410 e. The zero-order valence-electron chi connectivity index (χ0n) is 12.0. The molecule has 0 aliphatic carbocycles. The fourth-order valence-corrected chi connectivity index (χ4v) is 2.01. The molecule has 19 heavy (non-hydrogen) atoms. The van der Waals surface area contributed by atoms with Crippen molar-refractivity contribution in [3.63, 3.8) is 0 Å². The average Bonchev–Trinajstić information content (AvgIpc) is 2.70.